The molecule has 0 nitrogen and oxygen atoms in total. The van der Waals surface area contributed by atoms with Crippen molar-refractivity contribution in [2.24, 2.45) is 0 Å². The van der Waals surface area contributed by atoms with Crippen LogP contribution in [-0.2, 0) is 0 Å². The lowest BCUT2D eigenvalue weighted by atomic mass is 10.3. The summed E-state index contributed by atoms with van der Waals surface area (Å²) in [5.41, 5.74) is 4.19. The van der Waals surface area contributed by atoms with E-state index in [1.807, 2.05) is 19.9 Å². The van der Waals surface area contributed by atoms with E-state index in [1.54, 1.807) is 0 Å². The summed E-state index contributed by atoms with van der Waals surface area (Å²) in [4.78, 5) is 0. The average molecular weight is 110 g/mol. The molecule has 0 aromatic heterocycles. The molecule has 0 unspecified atom stereocenters. The molecule has 0 atom stereocenters. The van der Waals surface area contributed by atoms with Gasteiger partial charge in [-0.2, -0.15) is 0 Å². The predicted octanol–water partition coefficient (Wildman–Crippen LogP) is 0.279. The van der Waals surface area contributed by atoms with Crippen LogP contribution < -0.4 is 0 Å². The molecule has 7 heavy (non-hydrogen) atoms. The molecule has 0 saturated carbocycles. The Kier molecular flexibility index (Phi) is 3.44. The number of hydrogen-bond acceptors (Lipinski definition) is 0. The van der Waals surface area contributed by atoms with Gasteiger partial charge in [-0.25, -0.2) is 0 Å². The minimum absolute atomic E-state index is 0.989. The van der Waals surface area contributed by atoms with Gasteiger partial charge in [0, 0.05) is 0 Å². The van der Waals surface area contributed by atoms with Crippen molar-refractivity contribution in [3.05, 3.63) is 11.6 Å². The van der Waals surface area contributed by atoms with E-state index in [0.717, 1.165) is 10.2 Å². The molecule has 38 valence electrons. The van der Waals surface area contributed by atoms with Crippen LogP contribution in [-0.4, -0.2) is 10.2 Å². The summed E-state index contributed by atoms with van der Waals surface area (Å²) >= 11 is 0. The summed E-state index contributed by atoms with van der Waals surface area (Å²) in [5.74, 6) is 2.90. The molecule has 0 aliphatic rings. The van der Waals surface area contributed by atoms with Crippen LogP contribution in [0, 0.1) is 11.5 Å². The van der Waals surface area contributed by atoms with Crippen LogP contribution in [0.25, 0.3) is 0 Å². The summed E-state index contributed by atoms with van der Waals surface area (Å²) in [6, 6.07) is 0. The second-order valence-electron chi connectivity index (χ2n) is 1.62. The monoisotopic (exact) mass is 110 g/mol. The molecule has 0 rings (SSSR count). The number of allylic oxidation sites excluding steroid dienone is 2. The molecule has 0 spiro atoms. The van der Waals surface area contributed by atoms with E-state index in [4.69, 9.17) is 0 Å². The molecule has 0 saturated heterocycles. The third kappa shape index (κ3) is 5.52. The Morgan fingerprint density at radius 2 is 2.14 bits per heavy atom. The Morgan fingerprint density at radius 3 is 2.29 bits per heavy atom. The van der Waals surface area contributed by atoms with E-state index in [2.05, 4.69) is 11.5 Å². The largest absolute Gasteiger partial charge is 0.139 e. The van der Waals surface area contributed by atoms with E-state index in [9.17, 15) is 0 Å². The summed E-state index contributed by atoms with van der Waals surface area (Å²) in [5, 5.41) is 0. The van der Waals surface area contributed by atoms with Crippen molar-refractivity contribution in [1.29, 1.82) is 0 Å². The fourth-order valence-electron chi connectivity index (χ4n) is 0.217. The third-order valence-corrected chi connectivity index (χ3v) is 0.794. The quantitative estimate of drug-likeness (QED) is 0.310. The molecular weight excluding hydrogens is 100 g/mol. The summed E-state index contributed by atoms with van der Waals surface area (Å²) in [6.45, 7) is 4.10. The maximum Gasteiger partial charge on any atom is 0.0911 e. The van der Waals surface area contributed by atoms with Crippen LogP contribution >= 0.6 is 0 Å². The first kappa shape index (κ1) is 6.52. The second kappa shape index (κ2) is 3.70. The molecule has 0 aliphatic heterocycles. The molecule has 0 aromatic rings. The van der Waals surface area contributed by atoms with Crippen molar-refractivity contribution in [3.8, 4) is 11.5 Å². The fraction of sp³-hybridized carbons (Fsp3) is 0.333. The van der Waals surface area contributed by atoms with Crippen LogP contribution in [0.4, 0.5) is 0 Å². The standard InChI is InChI=1S/C6H10Si/c1-6(2)4-3-5-7/h4H,1-2,7H3. The van der Waals surface area contributed by atoms with Gasteiger partial charge in [0.05, 0.1) is 10.2 Å². The highest BCUT2D eigenvalue weighted by Gasteiger charge is 1.64. The molecule has 0 radical (unpaired) electrons. The van der Waals surface area contributed by atoms with Crippen molar-refractivity contribution in [2.75, 3.05) is 0 Å². The molecule has 0 heterocycles. The minimum atomic E-state index is 0.989. The number of rotatable bonds is 0. The van der Waals surface area contributed by atoms with Crippen molar-refractivity contribution in [2.45, 2.75) is 13.8 Å². The smallest absolute Gasteiger partial charge is 0.0911 e. The topological polar surface area (TPSA) is 0 Å². The van der Waals surface area contributed by atoms with Crippen molar-refractivity contribution in [3.63, 3.8) is 0 Å². The van der Waals surface area contributed by atoms with Crippen molar-refractivity contribution < 1.29 is 0 Å². The Labute approximate surface area is 48.0 Å². The summed E-state index contributed by atoms with van der Waals surface area (Å²) < 4.78 is 0. The maximum absolute atomic E-state index is 2.91. The lowest BCUT2D eigenvalue weighted by Gasteiger charge is -1.75. The van der Waals surface area contributed by atoms with Crippen LogP contribution in [0.2, 0.25) is 0 Å². The van der Waals surface area contributed by atoms with Gasteiger partial charge in [0.1, 0.15) is 0 Å². The maximum atomic E-state index is 2.91. The molecule has 0 N–H and O–H groups in total. The van der Waals surface area contributed by atoms with E-state index in [-0.39, 0.29) is 0 Å². The van der Waals surface area contributed by atoms with Gasteiger partial charge in [0.25, 0.3) is 0 Å². The molecule has 1 heteroatoms. The second-order valence-corrected chi connectivity index (χ2v) is 2.12. The van der Waals surface area contributed by atoms with Gasteiger partial charge < -0.3 is 0 Å². The SMILES string of the molecule is CC(C)=CC#C[SiH3]. The van der Waals surface area contributed by atoms with E-state index >= 15 is 0 Å². The van der Waals surface area contributed by atoms with E-state index < -0.39 is 0 Å². The highest BCUT2D eigenvalue weighted by Crippen LogP contribution is 1.83. The van der Waals surface area contributed by atoms with Crippen LogP contribution in [0.3, 0.4) is 0 Å². The van der Waals surface area contributed by atoms with Crippen LogP contribution in [0.1, 0.15) is 13.8 Å². The number of hydrogen-bond donors (Lipinski definition) is 0. The van der Waals surface area contributed by atoms with E-state index in [0.29, 0.717) is 0 Å². The first-order chi connectivity index (χ1) is 3.27. The molecule has 0 aromatic carbocycles. The average Bonchev–Trinajstić information content (AvgIpc) is 1.61. The van der Waals surface area contributed by atoms with E-state index in [1.165, 1.54) is 5.57 Å². The summed E-state index contributed by atoms with van der Waals surface area (Å²) in [6.07, 6.45) is 1.94. The Balaban J connectivity index is 3.61. The molecule has 0 amide bonds. The van der Waals surface area contributed by atoms with Crippen LogP contribution in [0.15, 0.2) is 11.6 Å². The Hall–Kier alpha value is -0.483. The normalized spacial score (nSPS) is 6.57. The summed E-state index contributed by atoms with van der Waals surface area (Å²) in [7, 11) is 0.989. The highest BCUT2D eigenvalue weighted by atomic mass is 28.1. The van der Waals surface area contributed by atoms with Crippen molar-refractivity contribution >= 4 is 10.2 Å². The lowest BCUT2D eigenvalue weighted by Crippen LogP contribution is -1.58. The lowest BCUT2D eigenvalue weighted by molar-refractivity contribution is 1.40. The van der Waals surface area contributed by atoms with Gasteiger partial charge >= 0.3 is 0 Å². The van der Waals surface area contributed by atoms with Gasteiger partial charge in [-0.3, -0.25) is 0 Å². The van der Waals surface area contributed by atoms with Gasteiger partial charge in [-0.15, -0.1) is 5.54 Å². The van der Waals surface area contributed by atoms with Gasteiger partial charge in [-0.05, 0) is 19.9 Å². The first-order valence-corrected chi connectivity index (χ1v) is 3.33. The first-order valence-electron chi connectivity index (χ1n) is 2.33. The molecule has 0 aliphatic carbocycles. The predicted molar refractivity (Wildman–Crippen MR) is 37.1 cm³/mol. The van der Waals surface area contributed by atoms with Gasteiger partial charge in [0.15, 0.2) is 0 Å². The Bertz CT molecular complexity index is 119. The van der Waals surface area contributed by atoms with Gasteiger partial charge in [0.2, 0.25) is 0 Å². The van der Waals surface area contributed by atoms with Crippen LogP contribution in [0.5, 0.6) is 0 Å². The zero-order chi connectivity index (χ0) is 5.70. The Morgan fingerprint density at radius 1 is 1.57 bits per heavy atom. The molecule has 0 fully saturated rings. The fourth-order valence-corrected chi connectivity index (χ4v) is 0.361. The van der Waals surface area contributed by atoms with Crippen molar-refractivity contribution in [1.82, 2.24) is 0 Å². The van der Waals surface area contributed by atoms with Gasteiger partial charge in [-0.1, -0.05) is 11.5 Å². The molecule has 0 bridgehead atoms. The third-order valence-electron chi connectivity index (χ3n) is 0.505. The highest BCUT2D eigenvalue weighted by molar-refractivity contribution is 6.22. The minimum Gasteiger partial charge on any atom is -0.139 e. The molecular formula is C6H10Si. The zero-order valence-electron chi connectivity index (χ0n) is 5.08. The zero-order valence-corrected chi connectivity index (χ0v) is 7.08.